The summed E-state index contributed by atoms with van der Waals surface area (Å²) in [6.07, 6.45) is 1.92. The van der Waals surface area contributed by atoms with Crippen molar-refractivity contribution in [2.75, 3.05) is 13.7 Å². The summed E-state index contributed by atoms with van der Waals surface area (Å²) in [5, 5.41) is 24.0. The number of hydrogen-bond donors (Lipinski definition) is 3. The van der Waals surface area contributed by atoms with Crippen molar-refractivity contribution in [3.63, 3.8) is 0 Å². The Kier molecular flexibility index (Phi) is 4.55. The Labute approximate surface area is 181 Å². The summed E-state index contributed by atoms with van der Waals surface area (Å²) >= 11 is 0. The molecule has 31 heavy (non-hydrogen) atoms. The molecule has 5 atom stereocenters. The van der Waals surface area contributed by atoms with E-state index < -0.39 is 29.1 Å². The highest BCUT2D eigenvalue weighted by Crippen LogP contribution is 2.69. The first-order valence-electron chi connectivity index (χ1n) is 10.4. The van der Waals surface area contributed by atoms with Gasteiger partial charge in [0, 0.05) is 11.8 Å². The van der Waals surface area contributed by atoms with Gasteiger partial charge in [0.2, 0.25) is 0 Å². The Balaban J connectivity index is 1.87. The molecule has 2 aliphatic rings. The second-order valence-electron chi connectivity index (χ2n) is 8.42. The Morgan fingerprint density at radius 2 is 1.81 bits per heavy atom. The topological polar surface area (TPSA) is 97.8 Å². The van der Waals surface area contributed by atoms with Gasteiger partial charge in [-0.2, -0.15) is 0 Å². The van der Waals surface area contributed by atoms with Crippen LogP contribution in [0.5, 0.6) is 11.5 Å². The first-order chi connectivity index (χ1) is 15.0. The fourth-order valence-corrected chi connectivity index (χ4v) is 5.60. The quantitative estimate of drug-likeness (QED) is 0.603. The first-order valence-corrected chi connectivity index (χ1v) is 10.4. The van der Waals surface area contributed by atoms with Crippen LogP contribution in [0, 0.1) is 12.8 Å². The molecule has 1 aliphatic carbocycles. The molecule has 0 amide bonds. The van der Waals surface area contributed by atoms with E-state index in [0.29, 0.717) is 17.1 Å². The van der Waals surface area contributed by atoms with Crippen molar-refractivity contribution in [1.29, 1.82) is 0 Å². The van der Waals surface area contributed by atoms with Gasteiger partial charge in [0.05, 0.1) is 31.2 Å². The third kappa shape index (κ3) is 2.47. The van der Waals surface area contributed by atoms with Gasteiger partial charge < -0.3 is 25.4 Å². The van der Waals surface area contributed by atoms with Crippen LogP contribution < -0.4 is 15.2 Å². The molecule has 1 saturated carbocycles. The molecule has 0 spiro atoms. The Bertz CT molecular complexity index is 1100. The molecule has 5 rings (SSSR count). The average molecular weight is 418 g/mol. The minimum absolute atomic E-state index is 0.183. The van der Waals surface area contributed by atoms with Crippen LogP contribution in [-0.4, -0.2) is 35.0 Å². The monoisotopic (exact) mass is 418 g/mol. The van der Waals surface area contributed by atoms with Crippen LogP contribution in [0.15, 0.2) is 67.0 Å². The molecule has 1 aromatic heterocycles. The fourth-order valence-electron chi connectivity index (χ4n) is 5.60. The lowest BCUT2D eigenvalue weighted by atomic mass is 9.70. The van der Waals surface area contributed by atoms with Crippen molar-refractivity contribution in [3.05, 3.63) is 89.2 Å². The molecule has 2 aromatic carbocycles. The largest absolute Gasteiger partial charge is 0.495 e. The number of methoxy groups -OCH3 is 1. The molecule has 4 N–H and O–H groups in total. The number of aromatic nitrogens is 1. The Hall–Kier alpha value is -2.93. The average Bonchev–Trinajstić information content (AvgIpc) is 3.18. The number of nitrogens with zero attached hydrogens (tertiary/aromatic N) is 1. The summed E-state index contributed by atoms with van der Waals surface area (Å²) in [6.45, 7) is 2.19. The van der Waals surface area contributed by atoms with Gasteiger partial charge >= 0.3 is 0 Å². The summed E-state index contributed by atoms with van der Waals surface area (Å²) in [4.78, 5) is 4.22. The van der Waals surface area contributed by atoms with Crippen LogP contribution in [-0.2, 0) is 11.2 Å². The maximum absolute atomic E-state index is 12.4. The normalized spacial score (nSPS) is 31.1. The summed E-state index contributed by atoms with van der Waals surface area (Å²) < 4.78 is 12.2. The molecule has 0 unspecified atom stereocenters. The molecular weight excluding hydrogens is 392 g/mol. The summed E-state index contributed by atoms with van der Waals surface area (Å²) in [7, 11) is 1.52. The number of rotatable bonds is 4. The zero-order chi connectivity index (χ0) is 21.8. The predicted molar refractivity (Wildman–Crippen MR) is 116 cm³/mol. The zero-order valence-electron chi connectivity index (χ0n) is 17.5. The number of pyridine rings is 1. The van der Waals surface area contributed by atoms with Gasteiger partial charge in [0.25, 0.3) is 0 Å². The van der Waals surface area contributed by atoms with Crippen LogP contribution in [0.25, 0.3) is 0 Å². The smallest absolute Gasteiger partial charge is 0.177 e. The van der Waals surface area contributed by atoms with Crippen LogP contribution in [0.4, 0.5) is 0 Å². The van der Waals surface area contributed by atoms with E-state index in [4.69, 9.17) is 15.2 Å². The van der Waals surface area contributed by atoms with Crippen LogP contribution in [0.3, 0.4) is 0 Å². The first kappa shape index (κ1) is 20.0. The van der Waals surface area contributed by atoms with E-state index in [-0.39, 0.29) is 6.54 Å². The lowest BCUT2D eigenvalue weighted by molar-refractivity contribution is -0.152. The maximum Gasteiger partial charge on any atom is 0.177 e. The van der Waals surface area contributed by atoms with Crippen molar-refractivity contribution in [2.45, 2.75) is 30.1 Å². The van der Waals surface area contributed by atoms with Crippen molar-refractivity contribution in [1.82, 2.24) is 4.98 Å². The summed E-state index contributed by atoms with van der Waals surface area (Å²) in [6, 6.07) is 17.7. The van der Waals surface area contributed by atoms with Crippen LogP contribution in [0.2, 0.25) is 0 Å². The van der Waals surface area contributed by atoms with E-state index in [1.807, 2.05) is 61.5 Å². The standard InChI is InChI=1S/C25H26N2O4/c1-15-8-10-17(11-9-15)25-21(16-6-4-3-5-7-16)18(12-26)23(28)24(25,29)22-19(30-2)13-27-14-20(22)31-25/h3-11,13-14,18,21,23,28-29H,12,26H2,1-2H3/t18-,21-,23-,24+,25+/m1/s1. The van der Waals surface area contributed by atoms with Gasteiger partial charge in [-0.25, -0.2) is 0 Å². The van der Waals surface area contributed by atoms with E-state index in [1.165, 1.54) is 13.3 Å². The zero-order valence-corrected chi connectivity index (χ0v) is 17.5. The van der Waals surface area contributed by atoms with Crippen LogP contribution >= 0.6 is 0 Å². The van der Waals surface area contributed by atoms with E-state index in [0.717, 1.165) is 16.7 Å². The predicted octanol–water partition coefficient (Wildman–Crippen LogP) is 2.61. The van der Waals surface area contributed by atoms with Crippen molar-refractivity contribution >= 4 is 0 Å². The number of nitrogens with two attached hydrogens (primary N) is 1. The lowest BCUT2D eigenvalue weighted by Crippen LogP contribution is -2.52. The Morgan fingerprint density at radius 3 is 2.45 bits per heavy atom. The van der Waals surface area contributed by atoms with Gasteiger partial charge in [-0.3, -0.25) is 4.98 Å². The number of fused-ring (bicyclic) bond motifs is 3. The minimum atomic E-state index is -1.78. The minimum Gasteiger partial charge on any atom is -0.495 e. The molecule has 0 radical (unpaired) electrons. The van der Waals surface area contributed by atoms with Gasteiger partial charge in [0.1, 0.15) is 11.5 Å². The van der Waals surface area contributed by atoms with Crippen molar-refractivity contribution < 1.29 is 19.7 Å². The highest BCUT2D eigenvalue weighted by Gasteiger charge is 2.76. The molecule has 6 heteroatoms. The van der Waals surface area contributed by atoms with Crippen LogP contribution in [0.1, 0.15) is 28.2 Å². The number of aryl methyl sites for hydroxylation is 1. The lowest BCUT2D eigenvalue weighted by Gasteiger charge is -2.41. The van der Waals surface area contributed by atoms with Gasteiger partial charge in [0.15, 0.2) is 11.2 Å². The highest BCUT2D eigenvalue weighted by molar-refractivity contribution is 5.59. The highest BCUT2D eigenvalue weighted by atomic mass is 16.5. The number of benzene rings is 2. The van der Waals surface area contributed by atoms with Gasteiger partial charge in [-0.15, -0.1) is 0 Å². The molecule has 1 aliphatic heterocycles. The number of aliphatic hydroxyl groups excluding tert-OH is 1. The van der Waals surface area contributed by atoms with Crippen molar-refractivity contribution in [2.24, 2.45) is 11.7 Å². The molecule has 6 nitrogen and oxygen atoms in total. The summed E-state index contributed by atoms with van der Waals surface area (Å²) in [5.74, 6) is -0.0753. The molecule has 160 valence electrons. The molecule has 3 aromatic rings. The number of ether oxygens (including phenoxy) is 2. The SMILES string of the molecule is COc1cncc2c1[C@]1(O)[C@H](O)[C@H](CN)[C@@H](c3ccccc3)[C@]1(c1ccc(C)cc1)O2. The molecule has 0 saturated heterocycles. The second kappa shape index (κ2) is 7.05. The van der Waals surface area contributed by atoms with E-state index >= 15 is 0 Å². The number of aliphatic hydroxyl groups is 2. The molecular formula is C25H26N2O4. The Morgan fingerprint density at radius 1 is 1.10 bits per heavy atom. The fraction of sp³-hybridized carbons (Fsp3) is 0.320. The van der Waals surface area contributed by atoms with Crippen molar-refractivity contribution in [3.8, 4) is 11.5 Å². The molecule has 1 fully saturated rings. The second-order valence-corrected chi connectivity index (χ2v) is 8.42. The van der Waals surface area contributed by atoms with E-state index in [1.54, 1.807) is 6.20 Å². The van der Waals surface area contributed by atoms with Gasteiger partial charge in [-0.05, 0) is 24.6 Å². The maximum atomic E-state index is 12.4. The van der Waals surface area contributed by atoms with Gasteiger partial charge in [-0.1, -0.05) is 60.2 Å². The molecule has 2 heterocycles. The summed E-state index contributed by atoms with van der Waals surface area (Å²) in [5.41, 5.74) is 6.32. The van der Waals surface area contributed by atoms with E-state index in [2.05, 4.69) is 4.98 Å². The number of hydrogen-bond acceptors (Lipinski definition) is 6. The third-order valence-corrected chi connectivity index (χ3v) is 6.93. The molecule has 0 bridgehead atoms. The van der Waals surface area contributed by atoms with E-state index in [9.17, 15) is 10.2 Å². The third-order valence-electron chi connectivity index (χ3n) is 6.93.